The second-order valence-electron chi connectivity index (χ2n) is 6.47. The Labute approximate surface area is 146 Å². The van der Waals surface area contributed by atoms with E-state index in [4.69, 9.17) is 0 Å². The lowest BCUT2D eigenvalue weighted by Gasteiger charge is -2.36. The van der Waals surface area contributed by atoms with Crippen molar-refractivity contribution in [3.63, 3.8) is 0 Å². The minimum Gasteiger partial charge on any atom is -0.355 e. The molecule has 0 radical (unpaired) electrons. The molecule has 2 N–H and O–H groups in total. The largest absolute Gasteiger partial charge is 0.355 e. The average molecular weight is 344 g/mol. The van der Waals surface area contributed by atoms with Gasteiger partial charge in [0, 0.05) is 6.54 Å². The predicted molar refractivity (Wildman–Crippen MR) is 93.3 cm³/mol. The minimum atomic E-state index is -0.623. The smallest absolute Gasteiger partial charge is 0.230 e. The van der Waals surface area contributed by atoms with Crippen LogP contribution in [0.2, 0.25) is 0 Å². The van der Waals surface area contributed by atoms with Crippen molar-refractivity contribution >= 4 is 5.91 Å². The van der Waals surface area contributed by atoms with E-state index in [9.17, 15) is 13.6 Å². The fourth-order valence-corrected chi connectivity index (χ4v) is 3.41. The van der Waals surface area contributed by atoms with Crippen LogP contribution < -0.4 is 10.6 Å². The Morgan fingerprint density at radius 1 is 0.960 bits per heavy atom. The molecule has 3 nitrogen and oxygen atoms in total. The number of carbonyl (C=O) groups excluding carboxylic acids is 1. The molecule has 1 aliphatic heterocycles. The van der Waals surface area contributed by atoms with Gasteiger partial charge in [-0.05, 0) is 67.7 Å². The van der Waals surface area contributed by atoms with Gasteiger partial charge in [-0.1, -0.05) is 24.3 Å². The molecule has 0 unspecified atom stereocenters. The van der Waals surface area contributed by atoms with Gasteiger partial charge >= 0.3 is 0 Å². The lowest BCUT2D eigenvalue weighted by atomic mass is 9.72. The molecule has 2 aromatic carbocycles. The summed E-state index contributed by atoms with van der Waals surface area (Å²) in [5, 5.41) is 6.29. The van der Waals surface area contributed by atoms with E-state index in [0.29, 0.717) is 25.8 Å². The van der Waals surface area contributed by atoms with Crippen molar-refractivity contribution < 1.29 is 13.6 Å². The Balaban J connectivity index is 1.69. The Bertz CT molecular complexity index is 707. The third kappa shape index (κ3) is 4.04. The van der Waals surface area contributed by atoms with Gasteiger partial charge < -0.3 is 10.6 Å². The molecule has 0 bridgehead atoms. The van der Waals surface area contributed by atoms with Crippen LogP contribution in [0.25, 0.3) is 0 Å². The van der Waals surface area contributed by atoms with Gasteiger partial charge in [0.1, 0.15) is 11.6 Å². The molecule has 1 aliphatic rings. The molecule has 25 heavy (non-hydrogen) atoms. The number of rotatable bonds is 5. The zero-order valence-corrected chi connectivity index (χ0v) is 14.0. The molecular weight excluding hydrogens is 322 g/mol. The normalized spacial score (nSPS) is 16.4. The number of carbonyl (C=O) groups is 1. The molecule has 0 aliphatic carbocycles. The molecular formula is C20H22F2N2O. The highest BCUT2D eigenvalue weighted by Crippen LogP contribution is 2.34. The first-order chi connectivity index (χ1) is 12.1. The lowest BCUT2D eigenvalue weighted by molar-refractivity contribution is -0.127. The standard InChI is InChI=1S/C20H22F2N2O/c21-17-5-1-15(2-6-17)9-12-24-19(25)20(10-13-23-14-11-20)16-3-7-18(22)8-4-16/h1-8,23H,9-14H2,(H,24,25). The number of nitrogens with one attached hydrogen (secondary N) is 2. The maximum atomic E-state index is 13.3. The van der Waals surface area contributed by atoms with E-state index >= 15 is 0 Å². The van der Waals surface area contributed by atoms with Crippen molar-refractivity contribution in [1.29, 1.82) is 0 Å². The van der Waals surface area contributed by atoms with Crippen LogP contribution >= 0.6 is 0 Å². The van der Waals surface area contributed by atoms with Crippen LogP contribution in [-0.2, 0) is 16.6 Å². The van der Waals surface area contributed by atoms with Crippen molar-refractivity contribution in [2.45, 2.75) is 24.7 Å². The summed E-state index contributed by atoms with van der Waals surface area (Å²) in [7, 11) is 0. The molecule has 1 fully saturated rings. The summed E-state index contributed by atoms with van der Waals surface area (Å²) in [5.41, 5.74) is 1.21. The molecule has 132 valence electrons. The molecule has 0 saturated carbocycles. The Kier molecular flexibility index (Phi) is 5.43. The van der Waals surface area contributed by atoms with Crippen molar-refractivity contribution in [2.75, 3.05) is 19.6 Å². The quantitative estimate of drug-likeness (QED) is 0.876. The summed E-state index contributed by atoms with van der Waals surface area (Å²) in [4.78, 5) is 13.0. The van der Waals surface area contributed by atoms with E-state index in [-0.39, 0.29) is 17.5 Å². The second kappa shape index (κ2) is 7.74. The van der Waals surface area contributed by atoms with Gasteiger partial charge in [-0.2, -0.15) is 0 Å². The highest BCUT2D eigenvalue weighted by molar-refractivity contribution is 5.88. The topological polar surface area (TPSA) is 41.1 Å². The maximum Gasteiger partial charge on any atom is 0.230 e. The second-order valence-corrected chi connectivity index (χ2v) is 6.47. The van der Waals surface area contributed by atoms with Gasteiger partial charge in [0.25, 0.3) is 0 Å². The first-order valence-electron chi connectivity index (χ1n) is 8.60. The zero-order valence-electron chi connectivity index (χ0n) is 14.0. The van der Waals surface area contributed by atoms with Crippen molar-refractivity contribution in [3.05, 3.63) is 71.3 Å². The third-order valence-corrected chi connectivity index (χ3v) is 4.90. The van der Waals surface area contributed by atoms with Crippen LogP contribution in [0.4, 0.5) is 8.78 Å². The highest BCUT2D eigenvalue weighted by Gasteiger charge is 2.40. The van der Waals surface area contributed by atoms with Gasteiger partial charge in [0.15, 0.2) is 0 Å². The molecule has 0 aromatic heterocycles. The molecule has 2 aromatic rings. The Morgan fingerprint density at radius 3 is 2.12 bits per heavy atom. The first kappa shape index (κ1) is 17.5. The summed E-state index contributed by atoms with van der Waals surface area (Å²) in [6.45, 7) is 1.99. The van der Waals surface area contributed by atoms with Gasteiger partial charge in [-0.3, -0.25) is 4.79 Å². The predicted octanol–water partition coefficient (Wildman–Crippen LogP) is 2.94. The van der Waals surface area contributed by atoms with Crippen molar-refractivity contribution in [2.24, 2.45) is 0 Å². The summed E-state index contributed by atoms with van der Waals surface area (Å²) in [6.07, 6.45) is 2.01. The fraction of sp³-hybridized carbons (Fsp3) is 0.350. The van der Waals surface area contributed by atoms with Crippen molar-refractivity contribution in [3.8, 4) is 0 Å². The van der Waals surface area contributed by atoms with Crippen LogP contribution in [0.15, 0.2) is 48.5 Å². The molecule has 0 atom stereocenters. The van der Waals surface area contributed by atoms with Gasteiger partial charge in [-0.15, -0.1) is 0 Å². The maximum absolute atomic E-state index is 13.3. The third-order valence-electron chi connectivity index (χ3n) is 4.90. The molecule has 1 heterocycles. The Hall–Kier alpha value is -2.27. The van der Waals surface area contributed by atoms with E-state index in [0.717, 1.165) is 24.2 Å². The van der Waals surface area contributed by atoms with Crippen LogP contribution in [0, 0.1) is 11.6 Å². The van der Waals surface area contributed by atoms with Gasteiger partial charge in [0.2, 0.25) is 5.91 Å². The van der Waals surface area contributed by atoms with E-state index in [1.807, 2.05) is 0 Å². The monoisotopic (exact) mass is 344 g/mol. The van der Waals surface area contributed by atoms with E-state index in [1.54, 1.807) is 24.3 Å². The van der Waals surface area contributed by atoms with Gasteiger partial charge in [-0.25, -0.2) is 8.78 Å². The highest BCUT2D eigenvalue weighted by atomic mass is 19.1. The number of amides is 1. The van der Waals surface area contributed by atoms with E-state index in [2.05, 4.69) is 10.6 Å². The molecule has 1 amide bonds. The number of halogens is 2. The average Bonchev–Trinajstić information content (AvgIpc) is 2.64. The summed E-state index contributed by atoms with van der Waals surface area (Å²) in [6, 6.07) is 12.5. The zero-order chi connectivity index (χ0) is 17.7. The fourth-order valence-electron chi connectivity index (χ4n) is 3.41. The van der Waals surface area contributed by atoms with Gasteiger partial charge in [0.05, 0.1) is 5.41 Å². The van der Waals surface area contributed by atoms with Crippen LogP contribution in [0.5, 0.6) is 0 Å². The SMILES string of the molecule is O=C(NCCc1ccc(F)cc1)C1(c2ccc(F)cc2)CCNCC1. The molecule has 3 rings (SSSR count). The number of piperidine rings is 1. The van der Waals surface area contributed by atoms with E-state index in [1.165, 1.54) is 24.3 Å². The van der Waals surface area contributed by atoms with Crippen LogP contribution in [0.1, 0.15) is 24.0 Å². The van der Waals surface area contributed by atoms with Crippen molar-refractivity contribution in [1.82, 2.24) is 10.6 Å². The summed E-state index contributed by atoms with van der Waals surface area (Å²) >= 11 is 0. The van der Waals surface area contributed by atoms with Crippen LogP contribution in [-0.4, -0.2) is 25.5 Å². The minimum absolute atomic E-state index is 0.0253. The summed E-state index contributed by atoms with van der Waals surface area (Å²) in [5.74, 6) is -0.593. The number of hydrogen-bond acceptors (Lipinski definition) is 2. The van der Waals surface area contributed by atoms with E-state index < -0.39 is 5.41 Å². The molecule has 0 spiro atoms. The summed E-state index contributed by atoms with van der Waals surface area (Å²) < 4.78 is 26.2. The molecule has 5 heteroatoms. The Morgan fingerprint density at radius 2 is 1.52 bits per heavy atom. The van der Waals surface area contributed by atoms with Crippen LogP contribution in [0.3, 0.4) is 0 Å². The number of hydrogen-bond donors (Lipinski definition) is 2. The lowest BCUT2D eigenvalue weighted by Crippen LogP contribution is -2.51. The molecule has 1 saturated heterocycles. The number of benzene rings is 2. The first-order valence-corrected chi connectivity index (χ1v) is 8.60.